The second kappa shape index (κ2) is 7.09. The van der Waals surface area contributed by atoms with Gasteiger partial charge in [-0.1, -0.05) is 0 Å². The Morgan fingerprint density at radius 1 is 1.35 bits per heavy atom. The summed E-state index contributed by atoms with van der Waals surface area (Å²) in [6, 6.07) is 4.95. The smallest absolute Gasteiger partial charge is 0.273 e. The number of benzene rings is 1. The second-order valence-electron chi connectivity index (χ2n) is 4.98. The molecule has 0 radical (unpaired) electrons. The van der Waals surface area contributed by atoms with E-state index in [0.29, 0.717) is 6.10 Å². The van der Waals surface area contributed by atoms with E-state index in [0.717, 1.165) is 43.8 Å². The van der Waals surface area contributed by atoms with Crippen LogP contribution in [0.1, 0.15) is 25.7 Å². The lowest BCUT2D eigenvalue weighted by Crippen LogP contribution is -2.22. The van der Waals surface area contributed by atoms with Gasteiger partial charge in [0.05, 0.1) is 11.0 Å². The molecule has 1 aliphatic rings. The highest BCUT2D eigenvalue weighted by atomic mass is 16.6. The minimum Gasteiger partial charge on any atom is -0.388 e. The summed E-state index contributed by atoms with van der Waals surface area (Å²) in [5.41, 5.74) is 1.59. The average molecular weight is 279 g/mol. The van der Waals surface area contributed by atoms with Gasteiger partial charge < -0.3 is 15.4 Å². The highest BCUT2D eigenvalue weighted by Crippen LogP contribution is 2.24. The van der Waals surface area contributed by atoms with Crippen LogP contribution in [0.3, 0.4) is 0 Å². The molecule has 1 aromatic rings. The van der Waals surface area contributed by atoms with E-state index in [2.05, 4.69) is 10.6 Å². The molecule has 2 N–H and O–H groups in total. The van der Waals surface area contributed by atoms with Gasteiger partial charge in [0, 0.05) is 43.7 Å². The van der Waals surface area contributed by atoms with Gasteiger partial charge in [-0.2, -0.15) is 0 Å². The van der Waals surface area contributed by atoms with E-state index in [4.69, 9.17) is 4.74 Å². The maximum absolute atomic E-state index is 10.9. The van der Waals surface area contributed by atoms with Crippen molar-refractivity contribution in [3.05, 3.63) is 28.3 Å². The molecule has 1 fully saturated rings. The number of nitro groups is 1. The van der Waals surface area contributed by atoms with Gasteiger partial charge in [-0.15, -0.1) is 0 Å². The number of nitrogens with one attached hydrogen (secondary N) is 2. The monoisotopic (exact) mass is 279 g/mol. The summed E-state index contributed by atoms with van der Waals surface area (Å²) in [5, 5.41) is 17.0. The van der Waals surface area contributed by atoms with E-state index < -0.39 is 0 Å². The van der Waals surface area contributed by atoms with Crippen LogP contribution in [0.15, 0.2) is 18.2 Å². The van der Waals surface area contributed by atoms with Crippen molar-refractivity contribution >= 4 is 17.1 Å². The topological polar surface area (TPSA) is 76.4 Å². The average Bonchev–Trinajstić information content (AvgIpc) is 2.48. The lowest BCUT2D eigenvalue weighted by molar-refractivity contribution is -0.384. The molecule has 1 unspecified atom stereocenters. The van der Waals surface area contributed by atoms with Crippen LogP contribution in [-0.2, 0) is 4.74 Å². The number of hydrogen-bond donors (Lipinski definition) is 2. The van der Waals surface area contributed by atoms with E-state index in [9.17, 15) is 10.1 Å². The summed E-state index contributed by atoms with van der Waals surface area (Å²) >= 11 is 0. The molecular weight excluding hydrogens is 258 g/mol. The van der Waals surface area contributed by atoms with E-state index in [1.54, 1.807) is 13.1 Å². The molecule has 6 heteroatoms. The fraction of sp³-hybridized carbons (Fsp3) is 0.571. The van der Waals surface area contributed by atoms with Gasteiger partial charge in [-0.05, 0) is 31.7 Å². The molecule has 1 heterocycles. The molecule has 0 aromatic heterocycles. The zero-order valence-electron chi connectivity index (χ0n) is 11.7. The molecule has 0 saturated carbocycles. The fourth-order valence-corrected chi connectivity index (χ4v) is 2.38. The van der Waals surface area contributed by atoms with Gasteiger partial charge in [-0.3, -0.25) is 10.1 Å². The highest BCUT2D eigenvalue weighted by molar-refractivity contribution is 5.63. The lowest BCUT2D eigenvalue weighted by Gasteiger charge is -2.22. The Morgan fingerprint density at radius 2 is 2.15 bits per heavy atom. The van der Waals surface area contributed by atoms with Crippen LogP contribution < -0.4 is 10.6 Å². The summed E-state index contributed by atoms with van der Waals surface area (Å²) < 4.78 is 5.66. The first kappa shape index (κ1) is 14.6. The molecule has 0 bridgehead atoms. The van der Waals surface area contributed by atoms with Crippen molar-refractivity contribution in [1.82, 2.24) is 0 Å². The van der Waals surface area contributed by atoms with Crippen molar-refractivity contribution in [3.63, 3.8) is 0 Å². The molecule has 2 rings (SSSR count). The van der Waals surface area contributed by atoms with E-state index in [1.165, 1.54) is 12.5 Å². The molecule has 1 atom stereocenters. The van der Waals surface area contributed by atoms with Crippen molar-refractivity contribution in [1.29, 1.82) is 0 Å². The second-order valence-corrected chi connectivity index (χ2v) is 4.98. The van der Waals surface area contributed by atoms with E-state index in [-0.39, 0.29) is 10.6 Å². The zero-order valence-corrected chi connectivity index (χ0v) is 11.7. The molecular formula is C14H21N3O3. The first-order chi connectivity index (χ1) is 9.69. The first-order valence-electron chi connectivity index (χ1n) is 7.02. The van der Waals surface area contributed by atoms with Crippen molar-refractivity contribution < 1.29 is 9.66 Å². The SMILES string of the molecule is CNc1cc(NCCC2CCCCO2)cc([N+](=O)[O-])c1. The van der Waals surface area contributed by atoms with Crippen LogP contribution >= 0.6 is 0 Å². The van der Waals surface area contributed by atoms with Crippen LogP contribution in [-0.4, -0.2) is 31.2 Å². The minimum absolute atomic E-state index is 0.0910. The van der Waals surface area contributed by atoms with Crippen molar-refractivity contribution in [3.8, 4) is 0 Å². The number of ether oxygens (including phenoxy) is 1. The van der Waals surface area contributed by atoms with E-state index >= 15 is 0 Å². The third-order valence-electron chi connectivity index (χ3n) is 3.49. The largest absolute Gasteiger partial charge is 0.388 e. The van der Waals surface area contributed by atoms with Gasteiger partial charge in [-0.25, -0.2) is 0 Å². The van der Waals surface area contributed by atoms with Crippen LogP contribution in [0.5, 0.6) is 0 Å². The maximum atomic E-state index is 10.9. The summed E-state index contributed by atoms with van der Waals surface area (Å²) in [5.74, 6) is 0. The number of hydrogen-bond acceptors (Lipinski definition) is 5. The molecule has 0 aliphatic carbocycles. The molecule has 6 nitrogen and oxygen atoms in total. The number of non-ortho nitro benzene ring substituents is 1. The normalized spacial score (nSPS) is 18.6. The highest BCUT2D eigenvalue weighted by Gasteiger charge is 2.14. The van der Waals surface area contributed by atoms with Crippen molar-refractivity contribution in [2.45, 2.75) is 31.8 Å². The van der Waals surface area contributed by atoms with Crippen LogP contribution in [0.25, 0.3) is 0 Å². The Labute approximate surface area is 118 Å². The van der Waals surface area contributed by atoms with Gasteiger partial charge >= 0.3 is 0 Å². The predicted molar refractivity (Wildman–Crippen MR) is 79.3 cm³/mol. The van der Waals surface area contributed by atoms with Crippen LogP contribution in [0.2, 0.25) is 0 Å². The molecule has 110 valence electrons. The maximum Gasteiger partial charge on any atom is 0.273 e. The number of nitro benzene ring substituents is 1. The standard InChI is InChI=1S/C14H21N3O3/c1-15-11-8-12(10-13(9-11)17(18)19)16-6-5-14-4-2-3-7-20-14/h8-10,14-16H,2-7H2,1H3. The van der Waals surface area contributed by atoms with Crippen LogP contribution in [0, 0.1) is 10.1 Å². The first-order valence-corrected chi connectivity index (χ1v) is 7.02. The summed E-state index contributed by atoms with van der Waals surface area (Å²) in [7, 11) is 1.75. The quantitative estimate of drug-likeness (QED) is 0.618. The Bertz CT molecular complexity index is 459. The number of nitrogens with zero attached hydrogens (tertiary/aromatic N) is 1. The molecule has 1 saturated heterocycles. The Morgan fingerprint density at radius 3 is 2.80 bits per heavy atom. The minimum atomic E-state index is -0.379. The van der Waals surface area contributed by atoms with Crippen LogP contribution in [0.4, 0.5) is 17.1 Å². The fourth-order valence-electron chi connectivity index (χ4n) is 2.38. The zero-order chi connectivity index (χ0) is 14.4. The van der Waals surface area contributed by atoms with Gasteiger partial charge in [0.15, 0.2) is 0 Å². The van der Waals surface area contributed by atoms with Gasteiger partial charge in [0.1, 0.15) is 0 Å². The molecule has 0 spiro atoms. The third kappa shape index (κ3) is 4.09. The van der Waals surface area contributed by atoms with Gasteiger partial charge in [0.25, 0.3) is 5.69 Å². The van der Waals surface area contributed by atoms with Crippen molar-refractivity contribution in [2.75, 3.05) is 30.8 Å². The molecule has 1 aliphatic heterocycles. The Hall–Kier alpha value is -1.82. The summed E-state index contributed by atoms with van der Waals surface area (Å²) in [6.07, 6.45) is 4.74. The van der Waals surface area contributed by atoms with E-state index in [1.807, 2.05) is 6.07 Å². The number of rotatable bonds is 6. The van der Waals surface area contributed by atoms with Gasteiger partial charge in [0.2, 0.25) is 0 Å². The Kier molecular flexibility index (Phi) is 5.17. The molecule has 20 heavy (non-hydrogen) atoms. The number of anilines is 2. The summed E-state index contributed by atoms with van der Waals surface area (Å²) in [6.45, 7) is 1.61. The molecule has 0 amide bonds. The third-order valence-corrected chi connectivity index (χ3v) is 3.49. The lowest BCUT2D eigenvalue weighted by atomic mass is 10.1. The summed E-state index contributed by atoms with van der Waals surface area (Å²) in [4.78, 5) is 10.5. The van der Waals surface area contributed by atoms with Crippen molar-refractivity contribution in [2.24, 2.45) is 0 Å². The molecule has 1 aromatic carbocycles. The predicted octanol–water partition coefficient (Wildman–Crippen LogP) is 3.01. The Balaban J connectivity index is 1.91.